The lowest BCUT2D eigenvalue weighted by molar-refractivity contribution is -0.222. The van der Waals surface area contributed by atoms with Crippen molar-refractivity contribution >= 4 is 17.6 Å². The van der Waals surface area contributed by atoms with Gasteiger partial charge in [0.2, 0.25) is 0 Å². The van der Waals surface area contributed by atoms with Gasteiger partial charge in [-0.15, -0.1) is 0 Å². The molecule has 0 bridgehead atoms. The standard InChI is InChI=1S/C14H11FN2O4/c1-14(2)20-12(18)10(13(19)21-14)7-17-9-3-4-11(15)8(5-9)6-16/h3-5,7,17H,1-2H3. The number of hydrogen-bond donors (Lipinski definition) is 1. The largest absolute Gasteiger partial charge is 0.419 e. The van der Waals surface area contributed by atoms with Gasteiger partial charge in [-0.05, 0) is 18.2 Å². The number of nitrogens with one attached hydrogen (secondary N) is 1. The van der Waals surface area contributed by atoms with E-state index >= 15 is 0 Å². The van der Waals surface area contributed by atoms with Crippen LogP contribution in [0.1, 0.15) is 19.4 Å². The van der Waals surface area contributed by atoms with Crippen molar-refractivity contribution in [2.75, 3.05) is 5.32 Å². The molecule has 6 nitrogen and oxygen atoms in total. The first-order valence-electron chi connectivity index (χ1n) is 5.95. The minimum Gasteiger partial charge on any atom is -0.419 e. The van der Waals surface area contributed by atoms with Crippen LogP contribution in [0.5, 0.6) is 0 Å². The fraction of sp³-hybridized carbons (Fsp3) is 0.214. The first-order chi connectivity index (χ1) is 9.82. The Balaban J connectivity index is 2.20. The van der Waals surface area contributed by atoms with E-state index in [2.05, 4.69) is 5.32 Å². The summed E-state index contributed by atoms with van der Waals surface area (Å²) in [7, 11) is 0. The van der Waals surface area contributed by atoms with E-state index in [1.165, 1.54) is 26.0 Å². The van der Waals surface area contributed by atoms with Crippen molar-refractivity contribution in [2.24, 2.45) is 0 Å². The number of nitrogens with zero attached hydrogens (tertiary/aromatic N) is 1. The third-order valence-corrected chi connectivity index (χ3v) is 2.59. The Morgan fingerprint density at radius 3 is 2.48 bits per heavy atom. The average Bonchev–Trinajstić information content (AvgIpc) is 2.38. The summed E-state index contributed by atoms with van der Waals surface area (Å²) in [4.78, 5) is 23.4. The Hall–Kier alpha value is -2.88. The first kappa shape index (κ1) is 14.5. The van der Waals surface area contributed by atoms with Crippen LogP contribution in [0.2, 0.25) is 0 Å². The molecule has 1 aliphatic rings. The number of cyclic esters (lactones) is 2. The molecule has 0 unspecified atom stereocenters. The van der Waals surface area contributed by atoms with Crippen molar-refractivity contribution in [1.82, 2.24) is 0 Å². The molecule has 0 aromatic heterocycles. The summed E-state index contributed by atoms with van der Waals surface area (Å²) >= 11 is 0. The van der Waals surface area contributed by atoms with E-state index in [9.17, 15) is 14.0 Å². The molecule has 1 N–H and O–H groups in total. The van der Waals surface area contributed by atoms with Gasteiger partial charge in [-0.2, -0.15) is 5.26 Å². The Bertz CT molecular complexity index is 667. The van der Waals surface area contributed by atoms with Gasteiger partial charge in [-0.25, -0.2) is 14.0 Å². The van der Waals surface area contributed by atoms with Crippen LogP contribution in [-0.4, -0.2) is 17.7 Å². The third kappa shape index (κ3) is 3.17. The summed E-state index contributed by atoms with van der Waals surface area (Å²) in [6.07, 6.45) is 1.09. The zero-order valence-electron chi connectivity index (χ0n) is 11.3. The van der Waals surface area contributed by atoms with Gasteiger partial charge >= 0.3 is 11.9 Å². The van der Waals surface area contributed by atoms with E-state index in [1.54, 1.807) is 6.07 Å². The van der Waals surface area contributed by atoms with Crippen LogP contribution in [0.3, 0.4) is 0 Å². The van der Waals surface area contributed by atoms with E-state index in [0.717, 1.165) is 12.3 Å². The molecule has 0 saturated carbocycles. The van der Waals surface area contributed by atoms with E-state index < -0.39 is 23.5 Å². The van der Waals surface area contributed by atoms with Gasteiger partial charge in [0, 0.05) is 25.7 Å². The SMILES string of the molecule is CC1(C)OC(=O)C(=CNc2ccc(F)c(C#N)c2)C(=O)O1. The number of anilines is 1. The molecule has 1 fully saturated rings. The topological polar surface area (TPSA) is 88.4 Å². The fourth-order valence-electron chi connectivity index (χ4n) is 1.63. The molecule has 1 aliphatic heterocycles. The number of halogens is 1. The minimum atomic E-state index is -1.31. The van der Waals surface area contributed by atoms with Gasteiger partial charge in [-0.1, -0.05) is 0 Å². The molecule has 7 heteroatoms. The molecular weight excluding hydrogens is 279 g/mol. The van der Waals surface area contributed by atoms with Crippen LogP contribution >= 0.6 is 0 Å². The van der Waals surface area contributed by atoms with Crippen molar-refractivity contribution in [1.29, 1.82) is 5.26 Å². The molecule has 1 aromatic rings. The van der Waals surface area contributed by atoms with Crippen LogP contribution in [0.25, 0.3) is 0 Å². The smallest absolute Gasteiger partial charge is 0.350 e. The maximum absolute atomic E-state index is 13.2. The molecule has 0 amide bonds. The normalized spacial score (nSPS) is 16.6. The summed E-state index contributed by atoms with van der Waals surface area (Å²) in [6, 6.07) is 5.38. The molecule has 2 rings (SSSR count). The fourth-order valence-corrected chi connectivity index (χ4v) is 1.63. The summed E-state index contributed by atoms with van der Waals surface area (Å²) < 4.78 is 23.0. The molecule has 21 heavy (non-hydrogen) atoms. The number of ether oxygens (including phenoxy) is 2. The number of rotatable bonds is 2. The predicted octanol–water partition coefficient (Wildman–Crippen LogP) is 1.83. The van der Waals surface area contributed by atoms with Gasteiger partial charge in [-0.3, -0.25) is 0 Å². The van der Waals surface area contributed by atoms with Crippen molar-refractivity contribution in [2.45, 2.75) is 19.6 Å². The van der Waals surface area contributed by atoms with E-state index in [-0.39, 0.29) is 11.1 Å². The molecular formula is C14H11FN2O4. The average molecular weight is 290 g/mol. The van der Waals surface area contributed by atoms with Crippen LogP contribution in [0.15, 0.2) is 30.0 Å². The Morgan fingerprint density at radius 1 is 1.29 bits per heavy atom. The molecule has 0 atom stereocenters. The van der Waals surface area contributed by atoms with Crippen molar-refractivity contribution in [3.63, 3.8) is 0 Å². The maximum atomic E-state index is 13.2. The second kappa shape index (κ2) is 5.25. The van der Waals surface area contributed by atoms with Crippen molar-refractivity contribution < 1.29 is 23.5 Å². The molecule has 0 radical (unpaired) electrons. The van der Waals surface area contributed by atoms with Gasteiger partial charge in [0.05, 0.1) is 5.56 Å². The third-order valence-electron chi connectivity index (χ3n) is 2.59. The molecule has 108 valence electrons. The minimum absolute atomic E-state index is 0.159. The lowest BCUT2D eigenvalue weighted by Crippen LogP contribution is -2.42. The molecule has 1 saturated heterocycles. The Morgan fingerprint density at radius 2 is 1.90 bits per heavy atom. The number of nitriles is 1. The maximum Gasteiger partial charge on any atom is 0.350 e. The van der Waals surface area contributed by atoms with Gasteiger partial charge < -0.3 is 14.8 Å². The van der Waals surface area contributed by atoms with E-state index in [0.29, 0.717) is 5.69 Å². The molecule has 0 spiro atoms. The zero-order valence-corrected chi connectivity index (χ0v) is 11.3. The van der Waals surface area contributed by atoms with Crippen LogP contribution in [0, 0.1) is 17.1 Å². The summed E-state index contributed by atoms with van der Waals surface area (Å²) in [5.41, 5.74) is -0.142. The second-order valence-electron chi connectivity index (χ2n) is 4.69. The summed E-state index contributed by atoms with van der Waals surface area (Å²) in [6.45, 7) is 2.87. The van der Waals surface area contributed by atoms with Crippen LogP contribution < -0.4 is 5.32 Å². The zero-order chi connectivity index (χ0) is 15.6. The van der Waals surface area contributed by atoms with Crippen molar-refractivity contribution in [3.8, 4) is 6.07 Å². The van der Waals surface area contributed by atoms with Gasteiger partial charge in [0.1, 0.15) is 11.9 Å². The number of benzene rings is 1. The Labute approximate surface area is 119 Å². The lowest BCUT2D eigenvalue weighted by Gasteiger charge is -2.29. The van der Waals surface area contributed by atoms with Crippen LogP contribution in [0.4, 0.5) is 10.1 Å². The first-order valence-corrected chi connectivity index (χ1v) is 5.95. The van der Waals surface area contributed by atoms with Gasteiger partial charge in [0.15, 0.2) is 5.57 Å². The summed E-state index contributed by atoms with van der Waals surface area (Å²) in [5, 5.41) is 11.3. The summed E-state index contributed by atoms with van der Waals surface area (Å²) in [5.74, 6) is -3.62. The highest BCUT2D eigenvalue weighted by atomic mass is 19.1. The number of hydrogen-bond acceptors (Lipinski definition) is 6. The monoisotopic (exact) mass is 290 g/mol. The number of carbonyl (C=O) groups is 2. The number of carbonyl (C=O) groups excluding carboxylic acids is 2. The van der Waals surface area contributed by atoms with E-state index in [4.69, 9.17) is 14.7 Å². The Kier molecular flexibility index (Phi) is 3.63. The second-order valence-corrected chi connectivity index (χ2v) is 4.69. The van der Waals surface area contributed by atoms with Crippen molar-refractivity contribution in [3.05, 3.63) is 41.4 Å². The lowest BCUT2D eigenvalue weighted by atomic mass is 10.2. The number of esters is 2. The van der Waals surface area contributed by atoms with Gasteiger partial charge in [0.25, 0.3) is 5.79 Å². The highest BCUT2D eigenvalue weighted by molar-refractivity contribution is 6.15. The highest BCUT2D eigenvalue weighted by Crippen LogP contribution is 2.23. The molecule has 0 aliphatic carbocycles. The molecule has 1 aromatic carbocycles. The molecule has 1 heterocycles. The predicted molar refractivity (Wildman–Crippen MR) is 69.1 cm³/mol. The van der Waals surface area contributed by atoms with Crippen LogP contribution in [-0.2, 0) is 19.1 Å². The highest BCUT2D eigenvalue weighted by Gasteiger charge is 2.38. The van der Waals surface area contributed by atoms with E-state index in [1.807, 2.05) is 0 Å². The quantitative estimate of drug-likeness (QED) is 0.508.